The molecule has 2 aromatic rings. The number of hydrogen-bond donors (Lipinski definition) is 1. The van der Waals surface area contributed by atoms with Crippen molar-refractivity contribution < 1.29 is 38.3 Å². The monoisotopic (exact) mass is 446 g/mol. The fourth-order valence-corrected chi connectivity index (χ4v) is 2.38. The van der Waals surface area contributed by atoms with Gasteiger partial charge in [0.15, 0.2) is 0 Å². The summed E-state index contributed by atoms with van der Waals surface area (Å²) in [6, 6.07) is 12.7. The van der Waals surface area contributed by atoms with Crippen LogP contribution in [0.2, 0.25) is 0 Å². The maximum Gasteiger partial charge on any atom is 0.516 e. The first-order valence-corrected chi connectivity index (χ1v) is 9.49. The number of ether oxygens (including phenoxy) is 4. The minimum Gasteiger partial charge on any atom is -0.445 e. The Bertz CT molecular complexity index is 930. The highest BCUT2D eigenvalue weighted by atomic mass is 16.8. The van der Waals surface area contributed by atoms with E-state index in [0.29, 0.717) is 0 Å². The van der Waals surface area contributed by atoms with E-state index in [1.165, 1.54) is 12.1 Å². The van der Waals surface area contributed by atoms with Crippen LogP contribution < -0.4 is 10.1 Å². The summed E-state index contributed by atoms with van der Waals surface area (Å²) < 4.78 is 19.4. The van der Waals surface area contributed by atoms with Crippen LogP contribution in [0.4, 0.5) is 15.3 Å². The lowest BCUT2D eigenvalue weighted by atomic mass is 10.1. The Morgan fingerprint density at radius 2 is 1.62 bits per heavy atom. The lowest BCUT2D eigenvalue weighted by molar-refractivity contribution is -0.384. The quantitative estimate of drug-likeness (QED) is 0.201. The van der Waals surface area contributed by atoms with Crippen LogP contribution in [0, 0.1) is 16.0 Å². The van der Waals surface area contributed by atoms with E-state index in [4.69, 9.17) is 14.2 Å². The molecule has 11 nitrogen and oxygen atoms in total. The first-order chi connectivity index (χ1) is 15.3. The minimum atomic E-state index is -1.18. The summed E-state index contributed by atoms with van der Waals surface area (Å²) in [5, 5.41) is 13.0. The fourth-order valence-electron chi connectivity index (χ4n) is 2.38. The van der Waals surface area contributed by atoms with Crippen LogP contribution in [0.25, 0.3) is 0 Å². The number of amides is 1. The third-order valence-corrected chi connectivity index (χ3v) is 4.03. The van der Waals surface area contributed by atoms with E-state index in [1.54, 1.807) is 38.1 Å². The molecule has 0 bridgehead atoms. The van der Waals surface area contributed by atoms with Gasteiger partial charge in [-0.05, 0) is 23.6 Å². The van der Waals surface area contributed by atoms with E-state index in [9.17, 15) is 24.5 Å². The van der Waals surface area contributed by atoms with Gasteiger partial charge in [-0.2, -0.15) is 0 Å². The number of hydrogen-bond acceptors (Lipinski definition) is 9. The average molecular weight is 446 g/mol. The van der Waals surface area contributed by atoms with Gasteiger partial charge in [0.05, 0.1) is 4.92 Å². The molecule has 11 heteroatoms. The van der Waals surface area contributed by atoms with Crippen molar-refractivity contribution in [3.05, 3.63) is 70.3 Å². The molecule has 0 aromatic heterocycles. The Kier molecular flexibility index (Phi) is 8.96. The number of carbonyl (C=O) groups excluding carboxylic acids is 3. The Labute approximate surface area is 183 Å². The molecule has 2 aromatic carbocycles. The summed E-state index contributed by atoms with van der Waals surface area (Å²) in [5.74, 6) is -1.16. The third-order valence-electron chi connectivity index (χ3n) is 4.03. The van der Waals surface area contributed by atoms with Crippen LogP contribution in [0.1, 0.15) is 19.4 Å². The predicted octanol–water partition coefficient (Wildman–Crippen LogP) is 3.56. The molecule has 0 radical (unpaired) electrons. The third kappa shape index (κ3) is 7.94. The molecule has 0 spiro atoms. The van der Waals surface area contributed by atoms with E-state index in [1.807, 2.05) is 6.07 Å². The topological polar surface area (TPSA) is 143 Å². The van der Waals surface area contributed by atoms with E-state index in [2.05, 4.69) is 10.1 Å². The van der Waals surface area contributed by atoms with Crippen molar-refractivity contribution in [2.45, 2.75) is 26.5 Å². The molecule has 1 N–H and O–H groups in total. The van der Waals surface area contributed by atoms with Crippen molar-refractivity contribution in [2.24, 2.45) is 5.92 Å². The first-order valence-electron chi connectivity index (χ1n) is 9.49. The van der Waals surface area contributed by atoms with Crippen LogP contribution in [0.15, 0.2) is 54.6 Å². The normalized spacial score (nSPS) is 11.2. The van der Waals surface area contributed by atoms with Gasteiger partial charge in [0.25, 0.3) is 5.69 Å². The molecule has 1 atom stereocenters. The number of nitro groups is 1. The smallest absolute Gasteiger partial charge is 0.445 e. The summed E-state index contributed by atoms with van der Waals surface area (Å²) in [5.41, 5.74) is 0.612. The van der Waals surface area contributed by atoms with Gasteiger partial charge in [0.2, 0.25) is 6.79 Å². The highest BCUT2D eigenvalue weighted by Crippen LogP contribution is 2.17. The van der Waals surface area contributed by atoms with Crippen LogP contribution in [0.5, 0.6) is 5.75 Å². The highest BCUT2D eigenvalue weighted by molar-refractivity contribution is 5.81. The molecule has 32 heavy (non-hydrogen) atoms. The van der Waals surface area contributed by atoms with E-state index in [0.717, 1.165) is 17.7 Å². The van der Waals surface area contributed by atoms with Crippen LogP contribution in [0.3, 0.4) is 0 Å². The molecular weight excluding hydrogens is 424 g/mol. The Morgan fingerprint density at radius 3 is 2.22 bits per heavy atom. The summed E-state index contributed by atoms with van der Waals surface area (Å²) in [6.07, 6.45) is -1.98. The summed E-state index contributed by atoms with van der Waals surface area (Å²) in [7, 11) is 0. The molecule has 2 rings (SSSR count). The number of esters is 1. The van der Waals surface area contributed by atoms with Crippen molar-refractivity contribution >= 4 is 23.9 Å². The van der Waals surface area contributed by atoms with Crippen molar-refractivity contribution in [3.8, 4) is 5.75 Å². The average Bonchev–Trinajstić information content (AvgIpc) is 2.76. The predicted molar refractivity (Wildman–Crippen MR) is 110 cm³/mol. The second kappa shape index (κ2) is 11.9. The van der Waals surface area contributed by atoms with Gasteiger partial charge in [0, 0.05) is 12.1 Å². The molecule has 0 saturated heterocycles. The second-order valence-corrected chi connectivity index (χ2v) is 6.76. The molecule has 0 aliphatic rings. The zero-order valence-corrected chi connectivity index (χ0v) is 17.4. The van der Waals surface area contributed by atoms with Crippen molar-refractivity contribution in [1.82, 2.24) is 5.32 Å². The minimum absolute atomic E-state index is 0.00908. The number of carbonyl (C=O) groups is 3. The van der Waals surface area contributed by atoms with Gasteiger partial charge in [-0.15, -0.1) is 0 Å². The maximum absolute atomic E-state index is 12.2. The Hall–Kier alpha value is -4.15. The fraction of sp³-hybridized carbons (Fsp3) is 0.286. The molecule has 0 unspecified atom stereocenters. The summed E-state index contributed by atoms with van der Waals surface area (Å²) >= 11 is 0. The van der Waals surface area contributed by atoms with Crippen LogP contribution >= 0.6 is 0 Å². The molecule has 0 fully saturated rings. The van der Waals surface area contributed by atoms with Gasteiger partial charge in [0.1, 0.15) is 18.4 Å². The molecule has 0 aliphatic heterocycles. The number of benzene rings is 2. The van der Waals surface area contributed by atoms with E-state index < -0.39 is 36.0 Å². The standard InChI is InChI=1S/C21H22N2O9/c1-14(2)18(22-20(25)29-12-15-6-4-3-5-7-15)19(24)30-13-31-21(26)32-17-10-8-16(9-11-17)23(27)28/h3-11,14,18H,12-13H2,1-2H3,(H,22,25)/t18-/m0/s1. The number of nitrogens with zero attached hydrogens (tertiary/aromatic N) is 1. The zero-order valence-electron chi connectivity index (χ0n) is 17.4. The number of non-ortho nitro benzene ring substituents is 1. The molecule has 170 valence electrons. The number of nitrogens with one attached hydrogen (secondary N) is 1. The van der Waals surface area contributed by atoms with Gasteiger partial charge in [-0.1, -0.05) is 44.2 Å². The number of rotatable bonds is 9. The van der Waals surface area contributed by atoms with Gasteiger partial charge >= 0.3 is 18.2 Å². The Morgan fingerprint density at radius 1 is 0.969 bits per heavy atom. The zero-order chi connectivity index (χ0) is 23.5. The summed E-state index contributed by atoms with van der Waals surface area (Å²) in [6.45, 7) is 2.65. The maximum atomic E-state index is 12.2. The lowest BCUT2D eigenvalue weighted by Crippen LogP contribution is -2.45. The van der Waals surface area contributed by atoms with Crippen LogP contribution in [-0.4, -0.2) is 36.0 Å². The molecular formula is C21H22N2O9. The van der Waals surface area contributed by atoms with Gasteiger partial charge in [-0.25, -0.2) is 14.4 Å². The van der Waals surface area contributed by atoms with Crippen LogP contribution in [-0.2, 0) is 25.6 Å². The first kappa shape index (κ1) is 24.1. The van der Waals surface area contributed by atoms with E-state index >= 15 is 0 Å². The van der Waals surface area contributed by atoms with Crippen molar-refractivity contribution in [3.63, 3.8) is 0 Å². The molecule has 0 saturated carbocycles. The number of nitro benzene ring substituents is 1. The lowest BCUT2D eigenvalue weighted by Gasteiger charge is -2.20. The molecule has 0 aliphatic carbocycles. The highest BCUT2D eigenvalue weighted by Gasteiger charge is 2.27. The van der Waals surface area contributed by atoms with E-state index in [-0.39, 0.29) is 24.0 Å². The van der Waals surface area contributed by atoms with Crippen molar-refractivity contribution in [1.29, 1.82) is 0 Å². The summed E-state index contributed by atoms with van der Waals surface area (Å²) in [4.78, 5) is 45.9. The van der Waals surface area contributed by atoms with Gasteiger partial charge in [-0.3, -0.25) is 10.1 Å². The Balaban J connectivity index is 1.76. The second-order valence-electron chi connectivity index (χ2n) is 6.76. The largest absolute Gasteiger partial charge is 0.516 e. The van der Waals surface area contributed by atoms with Crippen molar-refractivity contribution in [2.75, 3.05) is 6.79 Å². The SMILES string of the molecule is CC(C)[C@H](NC(=O)OCc1ccccc1)C(=O)OCOC(=O)Oc1ccc([N+](=O)[O-])cc1. The van der Waals surface area contributed by atoms with Gasteiger partial charge < -0.3 is 24.3 Å². The molecule has 1 amide bonds. The molecule has 0 heterocycles. The number of alkyl carbamates (subject to hydrolysis) is 1.